The Kier molecular flexibility index (Phi) is 6.97. The summed E-state index contributed by atoms with van der Waals surface area (Å²) in [5, 5.41) is 2.70. The summed E-state index contributed by atoms with van der Waals surface area (Å²) in [6, 6.07) is 21.0. The van der Waals surface area contributed by atoms with Gasteiger partial charge in [0, 0.05) is 18.2 Å². The summed E-state index contributed by atoms with van der Waals surface area (Å²) in [7, 11) is -3.66. The van der Waals surface area contributed by atoms with Gasteiger partial charge in [-0.15, -0.1) is 0 Å². The van der Waals surface area contributed by atoms with Gasteiger partial charge in [0.1, 0.15) is 5.82 Å². The highest BCUT2D eigenvalue weighted by atomic mass is 32.2. The van der Waals surface area contributed by atoms with Gasteiger partial charge >= 0.3 is 0 Å². The first-order valence-corrected chi connectivity index (χ1v) is 11.0. The van der Waals surface area contributed by atoms with E-state index >= 15 is 0 Å². The molecule has 5 nitrogen and oxygen atoms in total. The molecule has 0 bridgehead atoms. The van der Waals surface area contributed by atoms with Crippen LogP contribution >= 0.6 is 0 Å². The fourth-order valence-electron chi connectivity index (χ4n) is 2.96. The zero-order valence-electron chi connectivity index (χ0n) is 16.5. The van der Waals surface area contributed by atoms with Crippen molar-refractivity contribution in [2.24, 2.45) is 0 Å². The van der Waals surface area contributed by atoms with Crippen molar-refractivity contribution in [3.05, 3.63) is 95.8 Å². The van der Waals surface area contributed by atoms with Crippen molar-refractivity contribution >= 4 is 21.6 Å². The maximum atomic E-state index is 12.9. The lowest BCUT2D eigenvalue weighted by molar-refractivity contribution is -0.116. The van der Waals surface area contributed by atoms with E-state index in [9.17, 15) is 17.6 Å². The molecule has 0 spiro atoms. The Morgan fingerprint density at radius 3 is 2.20 bits per heavy atom. The first-order chi connectivity index (χ1) is 14.3. The van der Waals surface area contributed by atoms with E-state index in [0.29, 0.717) is 12.1 Å². The second kappa shape index (κ2) is 9.65. The standard InChI is InChI=1S/C23H23FN2O3S/c1-17(19-5-3-2-4-6-19)26-30(28,29)22-14-7-18(8-15-22)9-16-23(27)25-21-12-10-20(24)11-13-21/h2-8,10-15,17,26H,9,16H2,1H3,(H,25,27)/t17-/m1/s1. The first-order valence-electron chi connectivity index (χ1n) is 9.55. The fourth-order valence-corrected chi connectivity index (χ4v) is 4.19. The average Bonchev–Trinajstić information content (AvgIpc) is 2.74. The molecule has 0 aliphatic heterocycles. The van der Waals surface area contributed by atoms with E-state index in [1.165, 1.54) is 36.4 Å². The molecule has 0 saturated heterocycles. The predicted molar refractivity (Wildman–Crippen MR) is 115 cm³/mol. The maximum absolute atomic E-state index is 12.9. The summed E-state index contributed by atoms with van der Waals surface area (Å²) >= 11 is 0. The fraction of sp³-hybridized carbons (Fsp3) is 0.174. The molecule has 0 aromatic heterocycles. The Morgan fingerprint density at radius 2 is 1.57 bits per heavy atom. The number of carbonyl (C=O) groups is 1. The van der Waals surface area contributed by atoms with Crippen molar-refractivity contribution in [1.29, 1.82) is 0 Å². The van der Waals surface area contributed by atoms with Gasteiger partial charge in [0.15, 0.2) is 0 Å². The van der Waals surface area contributed by atoms with Gasteiger partial charge in [0.05, 0.1) is 4.90 Å². The lowest BCUT2D eigenvalue weighted by Gasteiger charge is -2.15. The van der Waals surface area contributed by atoms with E-state index in [2.05, 4.69) is 10.0 Å². The number of sulfonamides is 1. The lowest BCUT2D eigenvalue weighted by atomic mass is 10.1. The highest BCUT2D eigenvalue weighted by molar-refractivity contribution is 7.89. The summed E-state index contributed by atoms with van der Waals surface area (Å²) in [6.07, 6.45) is 0.688. The van der Waals surface area contributed by atoms with Crippen molar-refractivity contribution in [2.75, 3.05) is 5.32 Å². The molecule has 3 rings (SSSR count). The number of halogens is 1. The highest BCUT2D eigenvalue weighted by Gasteiger charge is 2.18. The van der Waals surface area contributed by atoms with Crippen molar-refractivity contribution in [1.82, 2.24) is 4.72 Å². The van der Waals surface area contributed by atoms with Gasteiger partial charge in [-0.25, -0.2) is 17.5 Å². The summed E-state index contributed by atoms with van der Waals surface area (Å²) < 4.78 is 40.8. The Bertz CT molecular complexity index is 1080. The van der Waals surface area contributed by atoms with E-state index < -0.39 is 10.0 Å². The molecule has 0 fully saturated rings. The molecule has 1 atom stereocenters. The summed E-state index contributed by atoms with van der Waals surface area (Å²) in [5.74, 6) is -0.563. The van der Waals surface area contributed by atoms with Crippen LogP contribution in [0.5, 0.6) is 0 Å². The minimum Gasteiger partial charge on any atom is -0.326 e. The molecule has 3 aromatic rings. The summed E-state index contributed by atoms with van der Waals surface area (Å²) in [5.41, 5.74) is 2.26. The third-order valence-electron chi connectivity index (χ3n) is 4.63. The molecule has 1 amide bonds. The zero-order valence-corrected chi connectivity index (χ0v) is 17.3. The molecule has 0 saturated carbocycles. The number of carbonyl (C=O) groups excluding carboxylic acids is 1. The minimum atomic E-state index is -3.66. The summed E-state index contributed by atoms with van der Waals surface area (Å²) in [4.78, 5) is 12.2. The van der Waals surface area contributed by atoms with Gasteiger partial charge in [0.25, 0.3) is 0 Å². The van der Waals surface area contributed by atoms with Crippen molar-refractivity contribution < 1.29 is 17.6 Å². The molecular formula is C23H23FN2O3S. The SMILES string of the molecule is C[C@@H](NS(=O)(=O)c1ccc(CCC(=O)Nc2ccc(F)cc2)cc1)c1ccccc1. The van der Waals surface area contributed by atoms with E-state index in [-0.39, 0.29) is 29.1 Å². The number of nitrogens with one attached hydrogen (secondary N) is 2. The van der Waals surface area contributed by atoms with Gasteiger partial charge in [-0.2, -0.15) is 0 Å². The Labute approximate surface area is 176 Å². The van der Waals surface area contributed by atoms with Gasteiger partial charge in [0.2, 0.25) is 15.9 Å². The molecule has 2 N–H and O–H groups in total. The van der Waals surface area contributed by atoms with Crippen LogP contribution in [0.1, 0.15) is 30.5 Å². The molecule has 3 aromatic carbocycles. The van der Waals surface area contributed by atoms with Crippen LogP contribution in [-0.2, 0) is 21.2 Å². The van der Waals surface area contributed by atoms with Crippen LogP contribution in [0.3, 0.4) is 0 Å². The predicted octanol–water partition coefficient (Wildman–Crippen LogP) is 4.44. The number of amides is 1. The van der Waals surface area contributed by atoms with E-state index in [1.807, 2.05) is 30.3 Å². The molecule has 30 heavy (non-hydrogen) atoms. The molecule has 7 heteroatoms. The third-order valence-corrected chi connectivity index (χ3v) is 6.19. The number of anilines is 1. The molecule has 0 unspecified atom stereocenters. The Hall–Kier alpha value is -3.03. The van der Waals surface area contributed by atoms with Crippen LogP contribution in [0.2, 0.25) is 0 Å². The molecule has 0 aliphatic carbocycles. The topological polar surface area (TPSA) is 75.3 Å². The number of rotatable bonds is 8. The number of hydrogen-bond donors (Lipinski definition) is 2. The largest absolute Gasteiger partial charge is 0.326 e. The molecule has 0 radical (unpaired) electrons. The monoisotopic (exact) mass is 426 g/mol. The number of hydrogen-bond acceptors (Lipinski definition) is 3. The van der Waals surface area contributed by atoms with Crippen LogP contribution in [-0.4, -0.2) is 14.3 Å². The third kappa shape index (κ3) is 5.98. The van der Waals surface area contributed by atoms with Gasteiger partial charge < -0.3 is 5.32 Å². The second-order valence-corrected chi connectivity index (χ2v) is 8.67. The maximum Gasteiger partial charge on any atom is 0.241 e. The minimum absolute atomic E-state index is 0.171. The first kappa shape index (κ1) is 21.7. The van der Waals surface area contributed by atoms with E-state index in [0.717, 1.165) is 11.1 Å². The number of aryl methyl sites for hydroxylation is 1. The van der Waals surface area contributed by atoms with Crippen molar-refractivity contribution in [2.45, 2.75) is 30.7 Å². The van der Waals surface area contributed by atoms with Crippen molar-refractivity contribution in [3.8, 4) is 0 Å². The van der Waals surface area contributed by atoms with Crippen LogP contribution in [0.15, 0.2) is 83.8 Å². The van der Waals surface area contributed by atoms with E-state index in [1.54, 1.807) is 19.1 Å². The van der Waals surface area contributed by atoms with Gasteiger partial charge in [-0.3, -0.25) is 4.79 Å². The summed E-state index contributed by atoms with van der Waals surface area (Å²) in [6.45, 7) is 1.79. The normalized spacial score (nSPS) is 12.3. The van der Waals surface area contributed by atoms with Crippen LogP contribution in [0.25, 0.3) is 0 Å². The second-order valence-electron chi connectivity index (χ2n) is 6.95. The van der Waals surface area contributed by atoms with Gasteiger partial charge in [-0.1, -0.05) is 42.5 Å². The lowest BCUT2D eigenvalue weighted by Crippen LogP contribution is -2.26. The Balaban J connectivity index is 1.56. The zero-order chi connectivity index (χ0) is 21.6. The molecular weight excluding hydrogens is 403 g/mol. The molecule has 156 valence electrons. The smallest absolute Gasteiger partial charge is 0.241 e. The molecule has 0 heterocycles. The molecule has 0 aliphatic rings. The van der Waals surface area contributed by atoms with Crippen LogP contribution < -0.4 is 10.0 Å². The highest BCUT2D eigenvalue weighted by Crippen LogP contribution is 2.18. The quantitative estimate of drug-likeness (QED) is 0.559. The van der Waals surface area contributed by atoms with Gasteiger partial charge in [-0.05, 0) is 60.9 Å². The van der Waals surface area contributed by atoms with Crippen molar-refractivity contribution in [3.63, 3.8) is 0 Å². The average molecular weight is 427 g/mol. The van der Waals surface area contributed by atoms with Crippen LogP contribution in [0, 0.1) is 5.82 Å². The van der Waals surface area contributed by atoms with E-state index in [4.69, 9.17) is 0 Å². The van der Waals surface area contributed by atoms with Crippen LogP contribution in [0.4, 0.5) is 10.1 Å². The Morgan fingerprint density at radius 1 is 0.933 bits per heavy atom. The number of benzene rings is 3.